The lowest BCUT2D eigenvalue weighted by Gasteiger charge is -2.18. The molecule has 0 unspecified atom stereocenters. The molecule has 0 aliphatic carbocycles. The molecule has 0 bridgehead atoms. The topological polar surface area (TPSA) is 18.5 Å². The first-order chi connectivity index (χ1) is 10.1. The Kier molecular flexibility index (Phi) is 4.27. The molecule has 1 aliphatic heterocycles. The second-order valence-corrected chi connectivity index (χ2v) is 7.03. The second kappa shape index (κ2) is 6.01. The largest absolute Gasteiger partial charge is 0.490 e. The molecule has 2 nitrogen and oxygen atoms in total. The van der Waals surface area contributed by atoms with Gasteiger partial charge in [0.05, 0.1) is 12.2 Å². The lowest BCUT2D eigenvalue weighted by Crippen LogP contribution is -2.22. The van der Waals surface area contributed by atoms with Crippen molar-refractivity contribution in [3.8, 4) is 22.6 Å². The van der Waals surface area contributed by atoms with Crippen molar-refractivity contribution in [2.24, 2.45) is 0 Å². The van der Waals surface area contributed by atoms with Gasteiger partial charge >= 0.3 is 0 Å². The molecule has 21 heavy (non-hydrogen) atoms. The molecule has 3 rings (SSSR count). The highest BCUT2D eigenvalue weighted by Gasteiger charge is 2.23. The molecule has 0 aromatic heterocycles. The number of rotatable bonds is 0. The molecular formula is C17H16Br2O2. The van der Waals surface area contributed by atoms with Crippen LogP contribution in [0.5, 0.6) is 11.5 Å². The number of halogens is 2. The lowest BCUT2D eigenvalue weighted by atomic mass is 10.0. The lowest BCUT2D eigenvalue weighted by molar-refractivity contribution is 0.134. The van der Waals surface area contributed by atoms with Gasteiger partial charge in [-0.1, -0.05) is 44.0 Å². The predicted molar refractivity (Wildman–Crippen MR) is 92.1 cm³/mol. The van der Waals surface area contributed by atoms with E-state index < -0.39 is 0 Å². The summed E-state index contributed by atoms with van der Waals surface area (Å²) in [5.41, 5.74) is 2.06. The smallest absolute Gasteiger partial charge is 0.128 e. The van der Waals surface area contributed by atoms with Crippen molar-refractivity contribution in [1.82, 2.24) is 0 Å². The van der Waals surface area contributed by atoms with Crippen LogP contribution in [-0.2, 0) is 0 Å². The molecule has 0 saturated heterocycles. The third-order valence-corrected chi connectivity index (χ3v) is 4.84. The molecule has 0 saturated carbocycles. The van der Waals surface area contributed by atoms with Crippen molar-refractivity contribution >= 4 is 31.9 Å². The summed E-state index contributed by atoms with van der Waals surface area (Å²) >= 11 is 7.30. The summed E-state index contributed by atoms with van der Waals surface area (Å²) in [6.45, 7) is 4.16. The van der Waals surface area contributed by atoms with E-state index in [1.165, 1.54) is 0 Å². The zero-order valence-corrected chi connectivity index (χ0v) is 15.1. The van der Waals surface area contributed by atoms with Gasteiger partial charge in [-0.25, -0.2) is 0 Å². The highest BCUT2D eigenvalue weighted by molar-refractivity contribution is 9.11. The molecule has 0 N–H and O–H groups in total. The van der Waals surface area contributed by atoms with Crippen molar-refractivity contribution < 1.29 is 9.47 Å². The van der Waals surface area contributed by atoms with Gasteiger partial charge < -0.3 is 9.47 Å². The SMILES string of the molecule is C[C@H]1C[C@H](C)Oc2cccc(Br)c2-c2c(Br)cccc2O1. The van der Waals surface area contributed by atoms with E-state index in [2.05, 4.69) is 45.7 Å². The first kappa shape index (κ1) is 14.9. The summed E-state index contributed by atoms with van der Waals surface area (Å²) in [6.07, 6.45) is 1.04. The number of ether oxygens (including phenoxy) is 2. The molecule has 0 amide bonds. The molecule has 0 radical (unpaired) electrons. The van der Waals surface area contributed by atoms with Crippen LogP contribution in [0.25, 0.3) is 11.1 Å². The van der Waals surface area contributed by atoms with Crippen molar-refractivity contribution in [2.75, 3.05) is 0 Å². The van der Waals surface area contributed by atoms with E-state index in [1.807, 2.05) is 36.4 Å². The molecule has 2 aromatic carbocycles. The molecule has 2 atom stereocenters. The van der Waals surface area contributed by atoms with Crippen LogP contribution >= 0.6 is 31.9 Å². The van der Waals surface area contributed by atoms with Gasteiger partial charge in [-0.2, -0.15) is 0 Å². The van der Waals surface area contributed by atoms with E-state index >= 15 is 0 Å². The zero-order valence-electron chi connectivity index (χ0n) is 11.9. The summed E-state index contributed by atoms with van der Waals surface area (Å²) in [4.78, 5) is 0. The summed E-state index contributed by atoms with van der Waals surface area (Å²) in [5, 5.41) is 0. The maximum Gasteiger partial charge on any atom is 0.128 e. The minimum Gasteiger partial charge on any atom is -0.490 e. The maximum atomic E-state index is 6.15. The highest BCUT2D eigenvalue weighted by atomic mass is 79.9. The van der Waals surface area contributed by atoms with Gasteiger partial charge in [-0.3, -0.25) is 0 Å². The summed E-state index contributed by atoms with van der Waals surface area (Å²) in [5.74, 6) is 1.76. The van der Waals surface area contributed by atoms with Crippen LogP contribution in [0, 0.1) is 0 Å². The number of hydrogen-bond acceptors (Lipinski definition) is 2. The van der Waals surface area contributed by atoms with Gasteiger partial charge in [0, 0.05) is 26.5 Å². The summed E-state index contributed by atoms with van der Waals surface area (Å²) in [6, 6.07) is 12.1. The molecule has 0 spiro atoms. The monoisotopic (exact) mass is 410 g/mol. The molecule has 110 valence electrons. The maximum absolute atomic E-state index is 6.15. The Bertz CT molecular complexity index is 612. The Balaban J connectivity index is 2.29. The Morgan fingerprint density at radius 2 is 1.24 bits per heavy atom. The molecule has 1 aliphatic rings. The van der Waals surface area contributed by atoms with E-state index in [0.29, 0.717) is 0 Å². The van der Waals surface area contributed by atoms with Crippen LogP contribution in [-0.4, -0.2) is 12.2 Å². The average Bonchev–Trinajstić information content (AvgIpc) is 2.45. The van der Waals surface area contributed by atoms with Crippen LogP contribution in [0.15, 0.2) is 45.3 Å². The van der Waals surface area contributed by atoms with Crippen molar-refractivity contribution in [1.29, 1.82) is 0 Å². The van der Waals surface area contributed by atoms with Crippen LogP contribution in [0.3, 0.4) is 0 Å². The van der Waals surface area contributed by atoms with Crippen LogP contribution in [0.2, 0.25) is 0 Å². The minimum absolute atomic E-state index is 0.0983. The summed E-state index contributed by atoms with van der Waals surface area (Å²) < 4.78 is 14.3. The number of hydrogen-bond donors (Lipinski definition) is 0. The zero-order chi connectivity index (χ0) is 15.0. The average molecular weight is 412 g/mol. The standard InChI is InChI=1S/C17H16Br2O2/c1-10-9-11(2)21-15-8-4-6-13(19)17(15)16-12(18)5-3-7-14(16)20-10/h3-8,10-11H,9H2,1-2H3/t10-,11-/m0/s1. The van der Waals surface area contributed by atoms with Gasteiger partial charge in [0.15, 0.2) is 0 Å². The van der Waals surface area contributed by atoms with Crippen LogP contribution in [0.4, 0.5) is 0 Å². The van der Waals surface area contributed by atoms with E-state index in [4.69, 9.17) is 9.47 Å². The quantitative estimate of drug-likeness (QED) is 0.543. The number of fused-ring (bicyclic) bond motifs is 3. The molecule has 0 fully saturated rings. The highest BCUT2D eigenvalue weighted by Crippen LogP contribution is 2.46. The predicted octanol–water partition coefficient (Wildman–Crippen LogP) is 5.82. The fourth-order valence-electron chi connectivity index (χ4n) is 2.69. The first-order valence-corrected chi connectivity index (χ1v) is 8.55. The van der Waals surface area contributed by atoms with Crippen LogP contribution in [0.1, 0.15) is 20.3 Å². The Morgan fingerprint density at radius 3 is 1.67 bits per heavy atom. The van der Waals surface area contributed by atoms with Crippen molar-refractivity contribution in [2.45, 2.75) is 32.5 Å². The van der Waals surface area contributed by atoms with Gasteiger partial charge in [0.1, 0.15) is 11.5 Å². The van der Waals surface area contributed by atoms with Gasteiger partial charge in [-0.05, 0) is 38.1 Å². The first-order valence-electron chi connectivity index (χ1n) is 6.97. The Morgan fingerprint density at radius 1 is 0.810 bits per heavy atom. The third-order valence-electron chi connectivity index (χ3n) is 3.52. The fourth-order valence-corrected chi connectivity index (χ4v) is 3.78. The van der Waals surface area contributed by atoms with Crippen molar-refractivity contribution in [3.63, 3.8) is 0 Å². The molecule has 4 heteroatoms. The molecular weight excluding hydrogens is 396 g/mol. The number of benzene rings is 2. The van der Waals surface area contributed by atoms with Gasteiger partial charge in [0.2, 0.25) is 0 Å². The van der Waals surface area contributed by atoms with Gasteiger partial charge in [-0.15, -0.1) is 0 Å². The Hall–Kier alpha value is -1.00. The Labute approximate surface area is 141 Å². The van der Waals surface area contributed by atoms with Crippen LogP contribution < -0.4 is 9.47 Å². The van der Waals surface area contributed by atoms with Gasteiger partial charge in [0.25, 0.3) is 0 Å². The third kappa shape index (κ3) is 2.97. The van der Waals surface area contributed by atoms with E-state index in [1.54, 1.807) is 0 Å². The minimum atomic E-state index is 0.0983. The van der Waals surface area contributed by atoms with Crippen molar-refractivity contribution in [3.05, 3.63) is 45.3 Å². The molecule has 1 heterocycles. The van der Waals surface area contributed by atoms with E-state index in [0.717, 1.165) is 38.0 Å². The fraction of sp³-hybridized carbons (Fsp3) is 0.294. The van der Waals surface area contributed by atoms with E-state index in [-0.39, 0.29) is 12.2 Å². The normalized spacial score (nSPS) is 21.0. The molecule has 2 aromatic rings. The summed E-state index contributed by atoms with van der Waals surface area (Å²) in [7, 11) is 0. The second-order valence-electron chi connectivity index (χ2n) is 5.32. The van der Waals surface area contributed by atoms with E-state index in [9.17, 15) is 0 Å².